The van der Waals surface area contributed by atoms with Gasteiger partial charge in [-0.3, -0.25) is 0 Å². The molecule has 3 heteroatoms. The van der Waals surface area contributed by atoms with E-state index < -0.39 is 12.1 Å². The molecule has 0 aromatic carbocycles. The molecule has 64 valence electrons. The van der Waals surface area contributed by atoms with Crippen LogP contribution < -0.4 is 0 Å². The van der Waals surface area contributed by atoms with Crippen LogP contribution in [0.25, 0.3) is 0 Å². The minimum Gasteiger partial charge on any atom is -0.479 e. The standard InChI is InChI=1S/C8H14O3/c1-6(8(9)10)11-5-7-3-2-4-7/h6-7H,2-5H2,1H3,(H,9,10). The first-order valence-electron chi connectivity index (χ1n) is 4.04. The number of carboxylic acids is 1. The van der Waals surface area contributed by atoms with Gasteiger partial charge in [-0.25, -0.2) is 4.79 Å². The summed E-state index contributed by atoms with van der Waals surface area (Å²) >= 11 is 0. The van der Waals surface area contributed by atoms with Crippen molar-refractivity contribution in [3.63, 3.8) is 0 Å². The number of aliphatic carboxylic acids is 1. The highest BCUT2D eigenvalue weighted by molar-refractivity contribution is 5.71. The first-order chi connectivity index (χ1) is 5.20. The van der Waals surface area contributed by atoms with Gasteiger partial charge in [0.05, 0.1) is 6.61 Å². The van der Waals surface area contributed by atoms with Gasteiger partial charge in [0.15, 0.2) is 6.10 Å². The van der Waals surface area contributed by atoms with Crippen molar-refractivity contribution in [1.82, 2.24) is 0 Å². The van der Waals surface area contributed by atoms with Gasteiger partial charge in [0, 0.05) is 0 Å². The second-order valence-electron chi connectivity index (χ2n) is 3.11. The lowest BCUT2D eigenvalue weighted by molar-refractivity contribution is -0.150. The summed E-state index contributed by atoms with van der Waals surface area (Å²) in [6, 6.07) is 0. The number of ether oxygens (including phenoxy) is 1. The first kappa shape index (κ1) is 8.53. The van der Waals surface area contributed by atoms with Crippen molar-refractivity contribution in [2.24, 2.45) is 5.92 Å². The lowest BCUT2D eigenvalue weighted by Gasteiger charge is -2.25. The number of rotatable bonds is 4. The summed E-state index contributed by atoms with van der Waals surface area (Å²) in [5.41, 5.74) is 0. The molecular weight excluding hydrogens is 144 g/mol. The second-order valence-corrected chi connectivity index (χ2v) is 3.11. The molecule has 0 radical (unpaired) electrons. The fourth-order valence-electron chi connectivity index (χ4n) is 1.01. The first-order valence-corrected chi connectivity index (χ1v) is 4.04. The van der Waals surface area contributed by atoms with Gasteiger partial charge in [-0.2, -0.15) is 0 Å². The van der Waals surface area contributed by atoms with Gasteiger partial charge < -0.3 is 9.84 Å². The minimum absolute atomic E-state index is 0.619. The van der Waals surface area contributed by atoms with E-state index in [0.29, 0.717) is 12.5 Å². The van der Waals surface area contributed by atoms with Gasteiger partial charge in [0.2, 0.25) is 0 Å². The summed E-state index contributed by atoms with van der Waals surface area (Å²) in [4.78, 5) is 10.3. The minimum atomic E-state index is -0.871. The highest BCUT2D eigenvalue weighted by atomic mass is 16.5. The van der Waals surface area contributed by atoms with Crippen LogP contribution in [0, 0.1) is 5.92 Å². The van der Waals surface area contributed by atoms with Gasteiger partial charge in [-0.15, -0.1) is 0 Å². The summed E-state index contributed by atoms with van der Waals surface area (Å²) in [6.07, 6.45) is 3.03. The van der Waals surface area contributed by atoms with Crippen LogP contribution in [0.5, 0.6) is 0 Å². The van der Waals surface area contributed by atoms with E-state index in [9.17, 15) is 4.79 Å². The molecule has 1 N–H and O–H groups in total. The predicted molar refractivity (Wildman–Crippen MR) is 40.4 cm³/mol. The summed E-state index contributed by atoms with van der Waals surface area (Å²) in [5.74, 6) is -0.249. The average Bonchev–Trinajstić information content (AvgIpc) is 1.83. The Morgan fingerprint density at radius 3 is 2.73 bits per heavy atom. The predicted octanol–water partition coefficient (Wildman–Crippen LogP) is 1.28. The zero-order chi connectivity index (χ0) is 8.27. The van der Waals surface area contributed by atoms with Crippen LogP contribution in [-0.2, 0) is 9.53 Å². The number of hydrogen-bond acceptors (Lipinski definition) is 2. The third-order valence-electron chi connectivity index (χ3n) is 2.15. The fraction of sp³-hybridized carbons (Fsp3) is 0.875. The van der Waals surface area contributed by atoms with E-state index in [-0.39, 0.29) is 0 Å². The molecule has 1 saturated carbocycles. The van der Waals surface area contributed by atoms with E-state index in [1.54, 1.807) is 6.92 Å². The van der Waals surface area contributed by atoms with Gasteiger partial charge in [-0.1, -0.05) is 6.42 Å². The largest absolute Gasteiger partial charge is 0.479 e. The Hall–Kier alpha value is -0.570. The Balaban J connectivity index is 2.05. The molecule has 1 unspecified atom stereocenters. The Labute approximate surface area is 66.4 Å². The number of carboxylic acid groups (broad SMARTS) is 1. The monoisotopic (exact) mass is 158 g/mol. The second kappa shape index (κ2) is 3.72. The fourth-order valence-corrected chi connectivity index (χ4v) is 1.01. The van der Waals surface area contributed by atoms with Crippen LogP contribution in [0.15, 0.2) is 0 Å². The van der Waals surface area contributed by atoms with Crippen LogP contribution in [0.2, 0.25) is 0 Å². The lowest BCUT2D eigenvalue weighted by atomic mass is 9.86. The van der Waals surface area contributed by atoms with E-state index in [0.717, 1.165) is 0 Å². The quantitative estimate of drug-likeness (QED) is 0.670. The molecule has 0 saturated heterocycles. The molecule has 0 aromatic heterocycles. The maximum Gasteiger partial charge on any atom is 0.332 e. The molecule has 0 aliphatic heterocycles. The van der Waals surface area contributed by atoms with Crippen molar-refractivity contribution in [2.45, 2.75) is 32.3 Å². The maximum atomic E-state index is 10.3. The van der Waals surface area contributed by atoms with Crippen LogP contribution in [0.1, 0.15) is 26.2 Å². The summed E-state index contributed by atoms with van der Waals surface area (Å²) in [6.45, 7) is 2.19. The molecule has 1 fully saturated rings. The summed E-state index contributed by atoms with van der Waals surface area (Å²) < 4.78 is 5.11. The summed E-state index contributed by atoms with van der Waals surface area (Å²) in [5, 5.41) is 8.46. The Kier molecular flexibility index (Phi) is 2.88. The maximum absolute atomic E-state index is 10.3. The highest BCUT2D eigenvalue weighted by Gasteiger charge is 2.20. The molecular formula is C8H14O3. The van der Waals surface area contributed by atoms with Crippen LogP contribution in [-0.4, -0.2) is 23.8 Å². The van der Waals surface area contributed by atoms with E-state index in [2.05, 4.69) is 0 Å². The van der Waals surface area contributed by atoms with Crippen molar-refractivity contribution >= 4 is 5.97 Å². The average molecular weight is 158 g/mol. The topological polar surface area (TPSA) is 46.5 Å². The van der Waals surface area contributed by atoms with E-state index in [1.807, 2.05) is 0 Å². The molecule has 1 aliphatic carbocycles. The molecule has 1 atom stereocenters. The third kappa shape index (κ3) is 2.50. The number of carbonyl (C=O) groups is 1. The lowest BCUT2D eigenvalue weighted by Crippen LogP contribution is -2.25. The molecule has 0 heterocycles. The van der Waals surface area contributed by atoms with Crippen LogP contribution in [0.4, 0.5) is 0 Å². The smallest absolute Gasteiger partial charge is 0.332 e. The molecule has 11 heavy (non-hydrogen) atoms. The Bertz CT molecular complexity index is 140. The van der Waals surface area contributed by atoms with E-state index in [1.165, 1.54) is 19.3 Å². The zero-order valence-electron chi connectivity index (χ0n) is 6.75. The van der Waals surface area contributed by atoms with E-state index in [4.69, 9.17) is 9.84 Å². The van der Waals surface area contributed by atoms with Crippen molar-refractivity contribution in [3.05, 3.63) is 0 Å². The molecule has 1 rings (SSSR count). The van der Waals surface area contributed by atoms with E-state index >= 15 is 0 Å². The number of hydrogen-bond donors (Lipinski definition) is 1. The molecule has 0 bridgehead atoms. The molecule has 0 aromatic rings. The SMILES string of the molecule is CC(OCC1CCC1)C(=O)O. The van der Waals surface area contributed by atoms with Crippen molar-refractivity contribution in [3.8, 4) is 0 Å². The van der Waals surface area contributed by atoms with Gasteiger partial charge >= 0.3 is 5.97 Å². The van der Waals surface area contributed by atoms with Crippen molar-refractivity contribution in [1.29, 1.82) is 0 Å². The molecule has 0 spiro atoms. The Morgan fingerprint density at radius 1 is 1.73 bits per heavy atom. The molecule has 3 nitrogen and oxygen atoms in total. The third-order valence-corrected chi connectivity index (χ3v) is 2.15. The van der Waals surface area contributed by atoms with Crippen LogP contribution in [0.3, 0.4) is 0 Å². The van der Waals surface area contributed by atoms with Gasteiger partial charge in [0.25, 0.3) is 0 Å². The van der Waals surface area contributed by atoms with Crippen molar-refractivity contribution in [2.75, 3.05) is 6.61 Å². The highest BCUT2D eigenvalue weighted by Crippen LogP contribution is 2.26. The Morgan fingerprint density at radius 2 is 2.36 bits per heavy atom. The van der Waals surface area contributed by atoms with Gasteiger partial charge in [0.1, 0.15) is 0 Å². The zero-order valence-corrected chi connectivity index (χ0v) is 6.75. The van der Waals surface area contributed by atoms with Crippen molar-refractivity contribution < 1.29 is 14.6 Å². The van der Waals surface area contributed by atoms with Crippen LogP contribution >= 0.6 is 0 Å². The molecule has 0 amide bonds. The summed E-state index contributed by atoms with van der Waals surface area (Å²) in [7, 11) is 0. The normalized spacial score (nSPS) is 20.8. The molecule has 1 aliphatic rings. The van der Waals surface area contributed by atoms with Gasteiger partial charge in [-0.05, 0) is 25.7 Å².